The molecule has 0 fully saturated rings. The first kappa shape index (κ1) is 14.0. The molecule has 1 aromatic heterocycles. The first-order chi connectivity index (χ1) is 10.1. The van der Waals surface area contributed by atoms with Crippen LogP contribution in [0.25, 0.3) is 0 Å². The van der Waals surface area contributed by atoms with Gasteiger partial charge in [0.05, 0.1) is 18.3 Å². The van der Waals surface area contributed by atoms with Crippen molar-refractivity contribution in [2.45, 2.75) is 45.3 Å². The molecule has 2 aromatic rings. The Bertz CT molecular complexity index is 601. The number of aromatic nitrogens is 2. The molecule has 0 radical (unpaired) electrons. The van der Waals surface area contributed by atoms with Crippen molar-refractivity contribution in [3.05, 3.63) is 41.7 Å². The van der Waals surface area contributed by atoms with Gasteiger partial charge in [0.1, 0.15) is 5.75 Å². The smallest absolute Gasteiger partial charge is 0.119 e. The van der Waals surface area contributed by atoms with Crippen molar-refractivity contribution in [1.82, 2.24) is 9.78 Å². The zero-order valence-corrected chi connectivity index (χ0v) is 13.0. The maximum atomic E-state index is 5.68. The highest BCUT2D eigenvalue weighted by molar-refractivity contribution is 5.49. The number of nitrogens with zero attached hydrogens (tertiary/aromatic N) is 2. The molecular weight excluding hydrogens is 262 g/mol. The Balaban J connectivity index is 1.72. The molecule has 1 aromatic carbocycles. The predicted molar refractivity (Wildman–Crippen MR) is 84.7 cm³/mol. The number of nitrogens with one attached hydrogen (secondary N) is 1. The minimum Gasteiger partial charge on any atom is -0.491 e. The van der Waals surface area contributed by atoms with E-state index in [0.717, 1.165) is 24.3 Å². The van der Waals surface area contributed by atoms with E-state index in [1.54, 1.807) is 0 Å². The minimum atomic E-state index is 0.208. The fourth-order valence-corrected chi connectivity index (χ4v) is 2.96. The molecule has 0 aliphatic heterocycles. The van der Waals surface area contributed by atoms with Crippen LogP contribution in [0.2, 0.25) is 0 Å². The number of rotatable bonds is 4. The fraction of sp³-hybridized carbons (Fsp3) is 0.471. The van der Waals surface area contributed by atoms with E-state index in [-0.39, 0.29) is 6.10 Å². The van der Waals surface area contributed by atoms with E-state index in [1.807, 2.05) is 43.9 Å². The molecule has 0 spiro atoms. The van der Waals surface area contributed by atoms with Crippen LogP contribution in [-0.4, -0.2) is 15.9 Å². The second-order valence-electron chi connectivity index (χ2n) is 5.95. The van der Waals surface area contributed by atoms with Gasteiger partial charge in [-0.1, -0.05) is 0 Å². The van der Waals surface area contributed by atoms with Crippen LogP contribution in [0.5, 0.6) is 5.75 Å². The van der Waals surface area contributed by atoms with Crippen LogP contribution < -0.4 is 10.1 Å². The summed E-state index contributed by atoms with van der Waals surface area (Å²) in [6, 6.07) is 8.58. The summed E-state index contributed by atoms with van der Waals surface area (Å²) in [6.07, 6.45) is 5.70. The van der Waals surface area contributed by atoms with Crippen LogP contribution in [-0.2, 0) is 13.5 Å². The molecule has 112 valence electrons. The van der Waals surface area contributed by atoms with Gasteiger partial charge in [-0.05, 0) is 57.4 Å². The fourth-order valence-electron chi connectivity index (χ4n) is 2.96. The van der Waals surface area contributed by atoms with E-state index in [0.29, 0.717) is 6.04 Å². The molecular formula is C17H23N3O. The van der Waals surface area contributed by atoms with E-state index in [9.17, 15) is 0 Å². The number of benzene rings is 1. The van der Waals surface area contributed by atoms with Crippen molar-refractivity contribution in [3.8, 4) is 5.75 Å². The zero-order valence-electron chi connectivity index (χ0n) is 13.0. The maximum absolute atomic E-state index is 5.68. The van der Waals surface area contributed by atoms with Gasteiger partial charge in [0, 0.05) is 24.0 Å². The van der Waals surface area contributed by atoms with Crippen LogP contribution in [0.15, 0.2) is 30.5 Å². The first-order valence-electron chi connectivity index (χ1n) is 7.67. The second kappa shape index (κ2) is 5.80. The lowest BCUT2D eigenvalue weighted by Crippen LogP contribution is -2.17. The molecule has 0 bridgehead atoms. The van der Waals surface area contributed by atoms with E-state index in [4.69, 9.17) is 4.74 Å². The topological polar surface area (TPSA) is 39.1 Å². The number of anilines is 1. The van der Waals surface area contributed by atoms with E-state index >= 15 is 0 Å². The van der Waals surface area contributed by atoms with Crippen LogP contribution in [0.4, 0.5) is 5.69 Å². The van der Waals surface area contributed by atoms with Crippen molar-refractivity contribution >= 4 is 5.69 Å². The second-order valence-corrected chi connectivity index (χ2v) is 5.95. The van der Waals surface area contributed by atoms with Crippen molar-refractivity contribution in [2.75, 3.05) is 5.32 Å². The molecule has 21 heavy (non-hydrogen) atoms. The molecule has 1 atom stereocenters. The highest BCUT2D eigenvalue weighted by atomic mass is 16.5. The van der Waals surface area contributed by atoms with Gasteiger partial charge in [-0.15, -0.1) is 0 Å². The maximum Gasteiger partial charge on any atom is 0.119 e. The average molecular weight is 285 g/mol. The van der Waals surface area contributed by atoms with E-state index in [1.165, 1.54) is 17.7 Å². The van der Waals surface area contributed by atoms with Crippen LogP contribution in [0.3, 0.4) is 0 Å². The summed E-state index contributed by atoms with van der Waals surface area (Å²) in [5, 5.41) is 8.02. The summed E-state index contributed by atoms with van der Waals surface area (Å²) < 4.78 is 7.68. The van der Waals surface area contributed by atoms with Gasteiger partial charge in [-0.2, -0.15) is 5.10 Å². The van der Waals surface area contributed by atoms with Gasteiger partial charge >= 0.3 is 0 Å². The third-order valence-corrected chi connectivity index (χ3v) is 3.94. The van der Waals surface area contributed by atoms with Gasteiger partial charge in [0.15, 0.2) is 0 Å². The lowest BCUT2D eigenvalue weighted by Gasteiger charge is -2.25. The standard InChI is InChI=1S/C17H23N3O/c1-12(2)21-14-9-7-13(8-10-14)19-16-5-4-6-17-15(16)11-18-20(17)3/h7-12,16,19H,4-6H2,1-3H3. The number of ether oxygens (including phenoxy) is 1. The summed E-state index contributed by atoms with van der Waals surface area (Å²) >= 11 is 0. The Morgan fingerprint density at radius 1 is 1.29 bits per heavy atom. The number of aryl methyl sites for hydroxylation is 1. The summed E-state index contributed by atoms with van der Waals surface area (Å²) in [5.41, 5.74) is 3.83. The highest BCUT2D eigenvalue weighted by Crippen LogP contribution is 2.32. The van der Waals surface area contributed by atoms with Crippen molar-refractivity contribution < 1.29 is 4.74 Å². The van der Waals surface area contributed by atoms with Crippen molar-refractivity contribution in [2.24, 2.45) is 7.05 Å². The van der Waals surface area contributed by atoms with Gasteiger partial charge in [0.2, 0.25) is 0 Å². The molecule has 4 heteroatoms. The summed E-state index contributed by atoms with van der Waals surface area (Å²) in [5.74, 6) is 0.918. The Labute approximate surface area is 126 Å². The molecule has 4 nitrogen and oxygen atoms in total. The van der Waals surface area contributed by atoms with Crippen molar-refractivity contribution in [1.29, 1.82) is 0 Å². The van der Waals surface area contributed by atoms with Gasteiger partial charge in [-0.3, -0.25) is 4.68 Å². The summed E-state index contributed by atoms with van der Waals surface area (Å²) in [4.78, 5) is 0. The number of fused-ring (bicyclic) bond motifs is 1. The molecule has 1 aliphatic rings. The molecule has 0 amide bonds. The van der Waals surface area contributed by atoms with E-state index < -0.39 is 0 Å². The van der Waals surface area contributed by atoms with Gasteiger partial charge in [0.25, 0.3) is 0 Å². The Morgan fingerprint density at radius 3 is 2.76 bits per heavy atom. The molecule has 1 N–H and O–H groups in total. The summed E-state index contributed by atoms with van der Waals surface area (Å²) in [7, 11) is 2.03. The lowest BCUT2D eigenvalue weighted by atomic mass is 9.93. The normalized spacial score (nSPS) is 17.6. The highest BCUT2D eigenvalue weighted by Gasteiger charge is 2.23. The molecule has 3 rings (SSSR count). The third kappa shape index (κ3) is 3.04. The molecule has 0 saturated carbocycles. The zero-order chi connectivity index (χ0) is 14.8. The Kier molecular flexibility index (Phi) is 3.86. The molecule has 1 aliphatic carbocycles. The Morgan fingerprint density at radius 2 is 2.05 bits per heavy atom. The number of hydrogen-bond acceptors (Lipinski definition) is 3. The largest absolute Gasteiger partial charge is 0.491 e. The van der Waals surface area contributed by atoms with Crippen LogP contribution in [0.1, 0.15) is 44.0 Å². The first-order valence-corrected chi connectivity index (χ1v) is 7.67. The predicted octanol–water partition coefficient (Wildman–Crippen LogP) is 3.70. The molecule has 1 unspecified atom stereocenters. The van der Waals surface area contributed by atoms with Crippen LogP contribution >= 0.6 is 0 Å². The van der Waals surface area contributed by atoms with Gasteiger partial charge < -0.3 is 10.1 Å². The van der Waals surface area contributed by atoms with Gasteiger partial charge in [-0.25, -0.2) is 0 Å². The SMILES string of the molecule is CC(C)Oc1ccc(NC2CCCc3c2cnn3C)cc1. The van der Waals surface area contributed by atoms with E-state index in [2.05, 4.69) is 22.5 Å². The number of hydrogen-bond donors (Lipinski definition) is 1. The summed E-state index contributed by atoms with van der Waals surface area (Å²) in [6.45, 7) is 4.08. The average Bonchev–Trinajstić information content (AvgIpc) is 2.83. The third-order valence-electron chi connectivity index (χ3n) is 3.94. The van der Waals surface area contributed by atoms with Crippen molar-refractivity contribution in [3.63, 3.8) is 0 Å². The monoisotopic (exact) mass is 285 g/mol. The Hall–Kier alpha value is -1.97. The minimum absolute atomic E-state index is 0.208. The molecule has 0 saturated heterocycles. The quantitative estimate of drug-likeness (QED) is 0.931. The molecule has 1 heterocycles. The van der Waals surface area contributed by atoms with Crippen LogP contribution in [0, 0.1) is 0 Å². The lowest BCUT2D eigenvalue weighted by molar-refractivity contribution is 0.242.